The van der Waals surface area contributed by atoms with Crippen LogP contribution < -0.4 is 10.5 Å². The van der Waals surface area contributed by atoms with Crippen LogP contribution >= 0.6 is 0 Å². The predicted molar refractivity (Wildman–Crippen MR) is 63.4 cm³/mol. The van der Waals surface area contributed by atoms with Crippen molar-refractivity contribution in [1.82, 2.24) is 4.98 Å². The van der Waals surface area contributed by atoms with Gasteiger partial charge in [0.1, 0.15) is 6.61 Å². The van der Waals surface area contributed by atoms with Gasteiger partial charge in [-0.25, -0.2) is 4.98 Å². The summed E-state index contributed by atoms with van der Waals surface area (Å²) in [6.07, 6.45) is 1.97. The topological polar surface area (TPSA) is 57.4 Å². The van der Waals surface area contributed by atoms with E-state index in [4.69, 9.17) is 15.2 Å². The summed E-state index contributed by atoms with van der Waals surface area (Å²) in [6, 6.07) is 3.76. The first-order valence-corrected chi connectivity index (χ1v) is 5.55. The Morgan fingerprint density at radius 2 is 2.00 bits per heavy atom. The van der Waals surface area contributed by atoms with Crippen LogP contribution in [0.3, 0.4) is 0 Å². The zero-order valence-electron chi connectivity index (χ0n) is 10.1. The molecule has 16 heavy (non-hydrogen) atoms. The van der Waals surface area contributed by atoms with Crippen LogP contribution in [-0.2, 0) is 4.74 Å². The van der Waals surface area contributed by atoms with Crippen molar-refractivity contribution in [2.24, 2.45) is 5.73 Å². The third kappa shape index (κ3) is 4.59. The molecule has 0 radical (unpaired) electrons. The van der Waals surface area contributed by atoms with E-state index in [1.54, 1.807) is 6.20 Å². The Morgan fingerprint density at radius 1 is 1.25 bits per heavy atom. The van der Waals surface area contributed by atoms with Crippen molar-refractivity contribution >= 4 is 0 Å². The maximum absolute atomic E-state index is 5.72. The third-order valence-corrected chi connectivity index (χ3v) is 2.07. The molecular weight excluding hydrogens is 204 g/mol. The molecule has 1 aromatic rings. The average molecular weight is 224 g/mol. The average Bonchev–Trinajstić information content (AvgIpc) is 2.25. The highest BCUT2D eigenvalue weighted by atomic mass is 16.5. The maximum Gasteiger partial charge on any atom is 0.213 e. The third-order valence-electron chi connectivity index (χ3n) is 2.07. The van der Waals surface area contributed by atoms with Gasteiger partial charge in [0.15, 0.2) is 0 Å². The summed E-state index contributed by atoms with van der Waals surface area (Å²) >= 11 is 0. The maximum atomic E-state index is 5.72. The van der Waals surface area contributed by atoms with Crippen LogP contribution in [-0.4, -0.2) is 24.3 Å². The lowest BCUT2D eigenvalue weighted by Gasteiger charge is -2.09. The van der Waals surface area contributed by atoms with Crippen molar-refractivity contribution in [2.45, 2.75) is 32.9 Å². The lowest BCUT2D eigenvalue weighted by molar-refractivity contribution is 0.0542. The molecule has 1 aromatic heterocycles. The second-order valence-corrected chi connectivity index (χ2v) is 3.99. The van der Waals surface area contributed by atoms with Gasteiger partial charge in [0, 0.05) is 18.3 Å². The van der Waals surface area contributed by atoms with Crippen LogP contribution in [0.2, 0.25) is 0 Å². The molecule has 0 bridgehead atoms. The molecule has 0 aliphatic heterocycles. The number of ether oxygens (including phenoxy) is 2. The quantitative estimate of drug-likeness (QED) is 0.750. The summed E-state index contributed by atoms with van der Waals surface area (Å²) < 4.78 is 10.8. The first-order valence-electron chi connectivity index (χ1n) is 5.55. The molecule has 2 N–H and O–H groups in total. The molecule has 0 amide bonds. The molecule has 0 saturated carbocycles. The summed E-state index contributed by atoms with van der Waals surface area (Å²) in [5.41, 5.74) is 6.72. The van der Waals surface area contributed by atoms with Crippen molar-refractivity contribution in [3.05, 3.63) is 23.9 Å². The van der Waals surface area contributed by atoms with Crippen molar-refractivity contribution < 1.29 is 9.47 Å². The number of aromatic nitrogens is 1. The van der Waals surface area contributed by atoms with E-state index in [9.17, 15) is 0 Å². The van der Waals surface area contributed by atoms with Gasteiger partial charge in [0.2, 0.25) is 5.88 Å². The van der Waals surface area contributed by atoms with Gasteiger partial charge in [0.25, 0.3) is 0 Å². The zero-order valence-corrected chi connectivity index (χ0v) is 10.1. The molecular formula is C12H20N2O2. The molecule has 1 atom stereocenters. The largest absolute Gasteiger partial charge is 0.475 e. The lowest BCUT2D eigenvalue weighted by atomic mass is 10.2. The van der Waals surface area contributed by atoms with E-state index < -0.39 is 0 Å². The van der Waals surface area contributed by atoms with Gasteiger partial charge in [-0.1, -0.05) is 6.07 Å². The molecule has 4 nitrogen and oxygen atoms in total. The molecule has 1 rings (SSSR count). The normalized spacial score (nSPS) is 12.8. The first-order chi connectivity index (χ1) is 7.59. The summed E-state index contributed by atoms with van der Waals surface area (Å²) in [4.78, 5) is 4.16. The van der Waals surface area contributed by atoms with Crippen molar-refractivity contribution in [3.63, 3.8) is 0 Å². The second-order valence-electron chi connectivity index (χ2n) is 3.99. The molecule has 0 aliphatic rings. The molecule has 4 heteroatoms. The number of nitrogens with zero attached hydrogens (tertiary/aromatic N) is 1. The van der Waals surface area contributed by atoms with Gasteiger partial charge >= 0.3 is 0 Å². The molecule has 0 spiro atoms. The number of rotatable bonds is 6. The zero-order chi connectivity index (χ0) is 12.0. The van der Waals surface area contributed by atoms with Crippen molar-refractivity contribution in [2.75, 3.05) is 13.2 Å². The first kappa shape index (κ1) is 12.9. The highest BCUT2D eigenvalue weighted by molar-refractivity contribution is 5.19. The fourth-order valence-electron chi connectivity index (χ4n) is 1.18. The Morgan fingerprint density at radius 3 is 2.50 bits per heavy atom. The number of pyridine rings is 1. The Kier molecular flexibility index (Phi) is 5.22. The van der Waals surface area contributed by atoms with Gasteiger partial charge in [-0.3, -0.25) is 0 Å². The summed E-state index contributed by atoms with van der Waals surface area (Å²) in [5, 5.41) is 0. The molecule has 90 valence electrons. The van der Waals surface area contributed by atoms with E-state index in [2.05, 4.69) is 4.98 Å². The standard InChI is InChI=1S/C12H20N2O2/c1-9(2)15-6-7-16-12-5-4-11(8-14-12)10(3)13/h4-5,8-10H,6-7,13H2,1-3H3/t10-/m1/s1. The number of hydrogen-bond acceptors (Lipinski definition) is 4. The van der Waals surface area contributed by atoms with E-state index in [-0.39, 0.29) is 12.1 Å². The van der Waals surface area contributed by atoms with Crippen LogP contribution in [0.25, 0.3) is 0 Å². The smallest absolute Gasteiger partial charge is 0.213 e. The fourth-order valence-corrected chi connectivity index (χ4v) is 1.18. The Bertz CT molecular complexity index is 296. The Hall–Kier alpha value is -1.13. The second kappa shape index (κ2) is 6.45. The number of nitrogens with two attached hydrogens (primary N) is 1. The van der Waals surface area contributed by atoms with Gasteiger partial charge < -0.3 is 15.2 Å². The summed E-state index contributed by atoms with van der Waals surface area (Å²) in [5.74, 6) is 0.608. The molecule has 0 unspecified atom stereocenters. The minimum absolute atomic E-state index is 0.00539. The van der Waals surface area contributed by atoms with Crippen LogP contribution in [0.5, 0.6) is 5.88 Å². The highest BCUT2D eigenvalue weighted by Gasteiger charge is 2.01. The lowest BCUT2D eigenvalue weighted by Crippen LogP contribution is -2.12. The number of hydrogen-bond donors (Lipinski definition) is 1. The Labute approximate surface area is 96.8 Å². The molecule has 0 aromatic carbocycles. The molecule has 0 saturated heterocycles. The highest BCUT2D eigenvalue weighted by Crippen LogP contribution is 2.12. The van der Waals surface area contributed by atoms with Crippen LogP contribution in [0.1, 0.15) is 32.4 Å². The fraction of sp³-hybridized carbons (Fsp3) is 0.583. The van der Waals surface area contributed by atoms with E-state index in [0.29, 0.717) is 19.1 Å². The summed E-state index contributed by atoms with van der Waals surface area (Å²) in [6.45, 7) is 7.01. The van der Waals surface area contributed by atoms with Crippen LogP contribution in [0, 0.1) is 0 Å². The minimum atomic E-state index is 0.00539. The van der Waals surface area contributed by atoms with E-state index >= 15 is 0 Å². The van der Waals surface area contributed by atoms with E-state index in [0.717, 1.165) is 5.56 Å². The monoisotopic (exact) mass is 224 g/mol. The molecule has 1 heterocycles. The van der Waals surface area contributed by atoms with Crippen LogP contribution in [0.15, 0.2) is 18.3 Å². The van der Waals surface area contributed by atoms with Crippen molar-refractivity contribution in [1.29, 1.82) is 0 Å². The molecule has 0 aliphatic carbocycles. The molecule has 0 fully saturated rings. The minimum Gasteiger partial charge on any atom is -0.475 e. The summed E-state index contributed by atoms with van der Waals surface area (Å²) in [7, 11) is 0. The van der Waals surface area contributed by atoms with E-state index in [1.165, 1.54) is 0 Å². The van der Waals surface area contributed by atoms with E-state index in [1.807, 2.05) is 32.9 Å². The Balaban J connectivity index is 2.32. The SMILES string of the molecule is CC(C)OCCOc1ccc([C@@H](C)N)cn1. The van der Waals surface area contributed by atoms with Gasteiger partial charge in [-0.15, -0.1) is 0 Å². The van der Waals surface area contributed by atoms with Crippen LogP contribution in [0.4, 0.5) is 0 Å². The van der Waals surface area contributed by atoms with Gasteiger partial charge in [-0.2, -0.15) is 0 Å². The van der Waals surface area contributed by atoms with Gasteiger partial charge in [-0.05, 0) is 26.3 Å². The van der Waals surface area contributed by atoms with Crippen molar-refractivity contribution in [3.8, 4) is 5.88 Å². The predicted octanol–water partition coefficient (Wildman–Crippen LogP) is 1.91. The van der Waals surface area contributed by atoms with Gasteiger partial charge in [0.05, 0.1) is 12.7 Å².